The predicted octanol–water partition coefficient (Wildman–Crippen LogP) is 2.83. The zero-order valence-corrected chi connectivity index (χ0v) is 23.3. The van der Waals surface area contributed by atoms with E-state index < -0.39 is 38.4 Å². The highest BCUT2D eigenvalue weighted by Gasteiger charge is 2.28. The molecule has 1 aliphatic rings. The van der Waals surface area contributed by atoms with E-state index in [0.29, 0.717) is 29.4 Å². The van der Waals surface area contributed by atoms with Crippen molar-refractivity contribution < 1.29 is 47.6 Å². The lowest BCUT2D eigenvalue weighted by molar-refractivity contribution is -0.121. The number of aryl methyl sites for hydroxylation is 1. The van der Waals surface area contributed by atoms with E-state index >= 15 is 0 Å². The van der Waals surface area contributed by atoms with E-state index in [2.05, 4.69) is 9.84 Å². The Bertz CT molecular complexity index is 1280. The number of hydrogen-bond acceptors (Lipinski definition) is 6. The van der Waals surface area contributed by atoms with Crippen LogP contribution in [0.4, 0.5) is 0 Å². The lowest BCUT2D eigenvalue weighted by Gasteiger charge is -2.22. The van der Waals surface area contributed by atoms with E-state index in [1.807, 2.05) is 0 Å². The fourth-order valence-corrected chi connectivity index (χ4v) is 5.73. The first-order chi connectivity index (χ1) is 18.2. The second kappa shape index (κ2) is 13.1. The van der Waals surface area contributed by atoms with Gasteiger partial charge in [0.2, 0.25) is 5.91 Å². The monoisotopic (exact) mass is 584 g/mol. The summed E-state index contributed by atoms with van der Waals surface area (Å²) in [6.07, 6.45) is 5.81. The number of nitrogens with two attached hydrogens (primary N) is 1. The first kappa shape index (κ1) is 30.8. The molecule has 0 aliphatic heterocycles. The van der Waals surface area contributed by atoms with Crippen LogP contribution in [0.25, 0.3) is 0 Å². The van der Waals surface area contributed by atoms with Crippen molar-refractivity contribution in [3.63, 3.8) is 0 Å². The highest BCUT2D eigenvalue weighted by Crippen LogP contribution is 2.43. The van der Waals surface area contributed by atoms with E-state index in [9.17, 15) is 28.5 Å². The molecule has 12 nitrogen and oxygen atoms in total. The van der Waals surface area contributed by atoms with Gasteiger partial charge in [-0.15, -0.1) is 0 Å². The molecule has 39 heavy (non-hydrogen) atoms. The molecule has 214 valence electrons. The number of ether oxygens (including phenoxy) is 1. The predicted molar refractivity (Wildman–Crippen MR) is 143 cm³/mol. The maximum absolute atomic E-state index is 12.6. The zero-order chi connectivity index (χ0) is 28.8. The van der Waals surface area contributed by atoms with E-state index in [4.69, 9.17) is 20.3 Å². The Morgan fingerprint density at radius 1 is 1.03 bits per heavy atom. The summed E-state index contributed by atoms with van der Waals surface area (Å²) in [6, 6.07) is 7.97. The van der Waals surface area contributed by atoms with Gasteiger partial charge < -0.3 is 30.1 Å². The largest absolute Gasteiger partial charge is 0.524 e. The molecule has 0 heterocycles. The van der Waals surface area contributed by atoms with Crippen LogP contribution >= 0.6 is 15.4 Å². The average Bonchev–Trinajstić information content (AvgIpc) is 2.85. The quantitative estimate of drug-likeness (QED) is 0.201. The molecular formula is C25H34N2O10P2. The second-order valence-corrected chi connectivity index (χ2v) is 12.4. The summed E-state index contributed by atoms with van der Waals surface area (Å²) in [5, 5.41) is 2.12. The summed E-state index contributed by atoms with van der Waals surface area (Å²) in [5.41, 5.74) is 6.80. The van der Waals surface area contributed by atoms with E-state index in [-0.39, 0.29) is 24.3 Å². The molecule has 0 spiro atoms. The molecule has 0 saturated heterocycles. The Kier molecular flexibility index (Phi) is 10.3. The Balaban J connectivity index is 1.62. The second-order valence-electron chi connectivity index (χ2n) is 9.65. The number of hydrogen-bond donors (Lipinski definition) is 6. The van der Waals surface area contributed by atoms with E-state index in [1.54, 1.807) is 25.1 Å². The molecule has 0 bridgehead atoms. The van der Waals surface area contributed by atoms with Gasteiger partial charge in [0.05, 0.1) is 18.2 Å². The minimum atomic E-state index is -5.04. The van der Waals surface area contributed by atoms with Crippen LogP contribution in [0.3, 0.4) is 0 Å². The summed E-state index contributed by atoms with van der Waals surface area (Å²) in [4.78, 5) is 61.7. The molecule has 1 saturated carbocycles. The van der Waals surface area contributed by atoms with Crippen LogP contribution in [0.1, 0.15) is 73.0 Å². The van der Waals surface area contributed by atoms with Crippen LogP contribution in [0.15, 0.2) is 36.4 Å². The minimum Gasteiger partial charge on any atom is -0.492 e. The van der Waals surface area contributed by atoms with Crippen LogP contribution in [-0.4, -0.2) is 38.0 Å². The van der Waals surface area contributed by atoms with Gasteiger partial charge in [-0.05, 0) is 67.5 Å². The van der Waals surface area contributed by atoms with Crippen molar-refractivity contribution in [1.29, 1.82) is 0 Å². The standard InChI is InChI=1S/C25H34N2O10P2/c1-16(19-9-11-21(20(14-19)25(26)29)36-15-18-5-3-2-4-6-18)27-24(28)12-8-17-7-10-22(37-39(33,34)35)23(13-17)38(30,31)32/h7,9-11,13-14,16,18H,2-6,8,12,15H2,1H3,(H2,26,29)(H,27,28)(H2,30,31,32)(H2,33,34,35). The van der Waals surface area contributed by atoms with Gasteiger partial charge in [-0.2, -0.15) is 0 Å². The number of amides is 2. The van der Waals surface area contributed by atoms with Crippen molar-refractivity contribution in [1.82, 2.24) is 5.32 Å². The number of carbonyl (C=O) groups is 2. The lowest BCUT2D eigenvalue weighted by Crippen LogP contribution is -2.27. The molecule has 14 heteroatoms. The molecule has 2 amide bonds. The van der Waals surface area contributed by atoms with Gasteiger partial charge in [0.15, 0.2) is 0 Å². The topological polar surface area (TPSA) is 206 Å². The summed E-state index contributed by atoms with van der Waals surface area (Å²) in [5.74, 6) is -0.794. The lowest BCUT2D eigenvalue weighted by atomic mass is 9.90. The Hall–Kier alpha value is -2.72. The van der Waals surface area contributed by atoms with Crippen molar-refractivity contribution in [2.24, 2.45) is 11.7 Å². The van der Waals surface area contributed by atoms with E-state index in [1.165, 1.54) is 25.3 Å². The van der Waals surface area contributed by atoms with Gasteiger partial charge in [0, 0.05) is 6.42 Å². The van der Waals surface area contributed by atoms with Crippen LogP contribution in [0.2, 0.25) is 0 Å². The van der Waals surface area contributed by atoms with Crippen molar-refractivity contribution >= 4 is 32.5 Å². The van der Waals surface area contributed by atoms with Crippen molar-refractivity contribution in [2.45, 2.75) is 57.9 Å². The Morgan fingerprint density at radius 3 is 2.31 bits per heavy atom. The summed E-state index contributed by atoms with van der Waals surface area (Å²) in [7, 11) is -9.97. The minimum absolute atomic E-state index is 0.0467. The maximum atomic E-state index is 12.6. The van der Waals surface area contributed by atoms with Crippen molar-refractivity contribution in [3.05, 3.63) is 53.1 Å². The molecule has 1 aliphatic carbocycles. The van der Waals surface area contributed by atoms with Gasteiger partial charge in [0.25, 0.3) is 5.91 Å². The molecule has 1 unspecified atom stereocenters. The molecule has 1 atom stereocenters. The fraction of sp³-hybridized carbons (Fsp3) is 0.440. The molecule has 1 fully saturated rings. The normalized spacial score (nSPS) is 15.4. The van der Waals surface area contributed by atoms with Gasteiger partial charge in [-0.1, -0.05) is 31.4 Å². The van der Waals surface area contributed by atoms with Gasteiger partial charge in [-0.25, -0.2) is 4.57 Å². The van der Waals surface area contributed by atoms with Gasteiger partial charge >= 0.3 is 15.4 Å². The van der Waals surface area contributed by atoms with Crippen molar-refractivity contribution in [2.75, 3.05) is 6.61 Å². The number of primary amides is 1. The SMILES string of the molecule is CC(NC(=O)CCc1ccc(OP(=O)(O)O)c(P(=O)(O)O)c1)c1ccc(OCC2CCCCC2)c(C(N)=O)c1. The molecule has 2 aromatic rings. The summed E-state index contributed by atoms with van der Waals surface area (Å²) >= 11 is 0. The number of phosphoric ester groups is 1. The number of benzene rings is 2. The maximum Gasteiger partial charge on any atom is 0.524 e. The molecule has 0 aromatic heterocycles. The average molecular weight is 584 g/mol. The third kappa shape index (κ3) is 9.46. The summed E-state index contributed by atoms with van der Waals surface area (Å²) < 4.78 is 33.2. The number of phosphoric acid groups is 1. The molecule has 3 rings (SSSR count). The fourth-order valence-electron chi connectivity index (χ4n) is 4.50. The van der Waals surface area contributed by atoms with Crippen LogP contribution < -0.4 is 25.6 Å². The Morgan fingerprint density at radius 2 is 1.69 bits per heavy atom. The molecule has 2 aromatic carbocycles. The highest BCUT2D eigenvalue weighted by molar-refractivity contribution is 7.60. The first-order valence-electron chi connectivity index (χ1n) is 12.5. The highest BCUT2D eigenvalue weighted by atomic mass is 31.2. The van der Waals surface area contributed by atoms with Crippen LogP contribution in [0, 0.1) is 5.92 Å². The zero-order valence-electron chi connectivity index (χ0n) is 21.5. The van der Waals surface area contributed by atoms with Gasteiger partial charge in [-0.3, -0.25) is 23.9 Å². The van der Waals surface area contributed by atoms with Crippen LogP contribution in [-0.2, 0) is 20.3 Å². The van der Waals surface area contributed by atoms with Crippen LogP contribution in [0.5, 0.6) is 11.5 Å². The van der Waals surface area contributed by atoms with Crippen molar-refractivity contribution in [3.8, 4) is 11.5 Å². The third-order valence-electron chi connectivity index (χ3n) is 6.54. The smallest absolute Gasteiger partial charge is 0.492 e. The third-order valence-corrected chi connectivity index (χ3v) is 7.95. The number of carbonyl (C=O) groups excluding carboxylic acids is 2. The van der Waals surface area contributed by atoms with Gasteiger partial charge in [0.1, 0.15) is 16.8 Å². The van der Waals surface area contributed by atoms with E-state index in [0.717, 1.165) is 25.0 Å². The molecule has 0 radical (unpaired) electrons. The summed E-state index contributed by atoms with van der Waals surface area (Å²) in [6.45, 7) is 2.25. The molecular weight excluding hydrogens is 550 g/mol. The Labute approximate surface area is 226 Å². The number of nitrogens with one attached hydrogen (secondary N) is 1. The number of rotatable bonds is 12. The molecule has 7 N–H and O–H groups in total. The first-order valence-corrected chi connectivity index (χ1v) is 15.7.